The Labute approximate surface area is 164 Å². The number of ketones is 2. The predicted octanol–water partition coefficient (Wildman–Crippen LogP) is 3.01. The van der Waals surface area contributed by atoms with Crippen LogP contribution in [0.3, 0.4) is 0 Å². The summed E-state index contributed by atoms with van der Waals surface area (Å²) in [6.45, 7) is 5.63. The van der Waals surface area contributed by atoms with Gasteiger partial charge in [-0.25, -0.2) is 0 Å². The summed E-state index contributed by atoms with van der Waals surface area (Å²) >= 11 is 6.70. The Morgan fingerprint density at radius 3 is 2.67 bits per heavy atom. The van der Waals surface area contributed by atoms with Crippen LogP contribution in [0, 0.1) is 40.4 Å². The van der Waals surface area contributed by atoms with Gasteiger partial charge in [0.25, 0.3) is 0 Å². The number of fused-ring (bicyclic) bond motifs is 7. The van der Waals surface area contributed by atoms with E-state index in [-0.39, 0.29) is 47.1 Å². The third-order valence-electron chi connectivity index (χ3n) is 9.20. The summed E-state index contributed by atoms with van der Waals surface area (Å²) in [5.41, 5.74) is -1.33. The van der Waals surface area contributed by atoms with Crippen LogP contribution in [0.25, 0.3) is 0 Å². The van der Waals surface area contributed by atoms with Crippen molar-refractivity contribution in [2.75, 3.05) is 0 Å². The normalized spacial score (nSPS) is 55.6. The van der Waals surface area contributed by atoms with E-state index in [0.29, 0.717) is 17.4 Å². The second-order valence-electron chi connectivity index (χ2n) is 10.1. The minimum absolute atomic E-state index is 0.0104. The van der Waals surface area contributed by atoms with Crippen molar-refractivity contribution < 1.29 is 19.8 Å². The van der Waals surface area contributed by atoms with E-state index in [1.165, 1.54) is 6.92 Å². The minimum atomic E-state index is -1.48. The number of rotatable bonds is 1. The molecule has 146 valence electrons. The van der Waals surface area contributed by atoms with Crippen LogP contribution in [0.2, 0.25) is 0 Å². The topological polar surface area (TPSA) is 74.6 Å². The van der Waals surface area contributed by atoms with Crippen molar-refractivity contribution in [1.82, 2.24) is 0 Å². The molecule has 0 saturated heterocycles. The number of hydrogen-bond acceptors (Lipinski definition) is 4. The van der Waals surface area contributed by atoms with E-state index in [1.807, 2.05) is 13.0 Å². The summed E-state index contributed by atoms with van der Waals surface area (Å²) in [5, 5.41) is 22.8. The number of hydrogen-bond donors (Lipinski definition) is 2. The molecule has 9 atom stereocenters. The highest BCUT2D eigenvalue weighted by molar-refractivity contribution is 6.32. The smallest absolute Gasteiger partial charge is 0.161 e. The van der Waals surface area contributed by atoms with Crippen molar-refractivity contribution in [2.24, 2.45) is 40.4 Å². The molecule has 0 spiro atoms. The Bertz CT molecular complexity index is 830. The molecule has 27 heavy (non-hydrogen) atoms. The van der Waals surface area contributed by atoms with E-state index < -0.39 is 17.1 Å². The SMILES string of the molecule is CC(=O)[C@@]1(O)C[C@@H](O)[C@H]2[C@@H]3C=C(Cl)C4=CC(=O)[C@H]5C[C@H]5[C@]4(C)[C@H]3CC[C@@]21C. The van der Waals surface area contributed by atoms with Crippen LogP contribution in [-0.4, -0.2) is 33.5 Å². The molecule has 0 radical (unpaired) electrons. The minimum Gasteiger partial charge on any atom is -0.393 e. The predicted molar refractivity (Wildman–Crippen MR) is 101 cm³/mol. The lowest BCUT2D eigenvalue weighted by Gasteiger charge is -2.57. The van der Waals surface area contributed by atoms with Crippen LogP contribution in [-0.2, 0) is 9.59 Å². The van der Waals surface area contributed by atoms with E-state index in [1.54, 1.807) is 6.08 Å². The van der Waals surface area contributed by atoms with Crippen molar-refractivity contribution in [3.8, 4) is 0 Å². The van der Waals surface area contributed by atoms with Gasteiger partial charge in [0.15, 0.2) is 11.6 Å². The van der Waals surface area contributed by atoms with Crippen LogP contribution in [0.5, 0.6) is 0 Å². The monoisotopic (exact) mass is 390 g/mol. The fourth-order valence-electron chi connectivity index (χ4n) is 7.62. The molecule has 5 heteroatoms. The number of aliphatic hydroxyl groups excluding tert-OH is 1. The molecular weight excluding hydrogens is 364 g/mol. The third kappa shape index (κ3) is 1.93. The fraction of sp³-hybridized carbons (Fsp3) is 0.727. The summed E-state index contributed by atoms with van der Waals surface area (Å²) in [4.78, 5) is 24.6. The molecule has 2 N–H and O–H groups in total. The first kappa shape index (κ1) is 18.1. The van der Waals surface area contributed by atoms with Gasteiger partial charge in [0.2, 0.25) is 0 Å². The number of aliphatic hydroxyl groups is 2. The van der Waals surface area contributed by atoms with Crippen molar-refractivity contribution in [3.63, 3.8) is 0 Å². The van der Waals surface area contributed by atoms with Gasteiger partial charge in [0.05, 0.1) is 6.10 Å². The molecular formula is C22H27ClO4. The van der Waals surface area contributed by atoms with Gasteiger partial charge < -0.3 is 10.2 Å². The molecule has 5 aliphatic rings. The molecule has 0 amide bonds. The Morgan fingerprint density at radius 2 is 2.00 bits per heavy atom. The molecule has 0 unspecified atom stereocenters. The van der Waals surface area contributed by atoms with Crippen LogP contribution < -0.4 is 0 Å². The van der Waals surface area contributed by atoms with Crippen LogP contribution in [0.1, 0.15) is 46.5 Å². The largest absolute Gasteiger partial charge is 0.393 e. The third-order valence-corrected chi connectivity index (χ3v) is 9.53. The summed E-state index contributed by atoms with van der Waals surface area (Å²) in [7, 11) is 0. The Balaban J connectivity index is 1.64. The van der Waals surface area contributed by atoms with Gasteiger partial charge >= 0.3 is 0 Å². The lowest BCUT2D eigenvalue weighted by molar-refractivity contribution is -0.157. The zero-order valence-electron chi connectivity index (χ0n) is 16.0. The molecule has 0 aromatic carbocycles. The molecule has 5 aliphatic carbocycles. The molecule has 0 aliphatic heterocycles. The second-order valence-corrected chi connectivity index (χ2v) is 10.5. The van der Waals surface area contributed by atoms with Crippen molar-refractivity contribution >= 4 is 23.2 Å². The Morgan fingerprint density at radius 1 is 1.30 bits per heavy atom. The first-order valence-electron chi connectivity index (χ1n) is 10.1. The van der Waals surface area contributed by atoms with Gasteiger partial charge in [-0.3, -0.25) is 9.59 Å². The number of halogens is 1. The van der Waals surface area contributed by atoms with E-state index in [2.05, 4.69) is 6.92 Å². The van der Waals surface area contributed by atoms with Crippen molar-refractivity contribution in [3.05, 3.63) is 22.8 Å². The molecule has 3 fully saturated rings. The van der Waals surface area contributed by atoms with Crippen molar-refractivity contribution in [2.45, 2.75) is 58.2 Å². The van der Waals surface area contributed by atoms with Crippen molar-refractivity contribution in [1.29, 1.82) is 0 Å². The summed E-state index contributed by atoms with van der Waals surface area (Å²) < 4.78 is 0. The van der Waals surface area contributed by atoms with Gasteiger partial charge in [-0.2, -0.15) is 0 Å². The maximum Gasteiger partial charge on any atom is 0.161 e. The quantitative estimate of drug-likeness (QED) is 0.721. The van der Waals surface area contributed by atoms with Crippen LogP contribution >= 0.6 is 11.6 Å². The summed E-state index contributed by atoms with van der Waals surface area (Å²) in [5.74, 6) is 0.477. The zero-order chi connectivity index (χ0) is 19.5. The molecule has 3 saturated carbocycles. The van der Waals surface area contributed by atoms with E-state index >= 15 is 0 Å². The number of allylic oxidation sites excluding steroid dienone is 4. The molecule has 0 bridgehead atoms. The average Bonchev–Trinajstić information content (AvgIpc) is 3.35. The first-order valence-corrected chi connectivity index (χ1v) is 10.5. The fourth-order valence-corrected chi connectivity index (χ4v) is 8.02. The average molecular weight is 391 g/mol. The number of carbonyl (C=O) groups excluding carboxylic acids is 2. The van der Waals surface area contributed by atoms with E-state index in [4.69, 9.17) is 11.6 Å². The maximum absolute atomic E-state index is 12.3. The number of carbonyl (C=O) groups is 2. The highest BCUT2D eigenvalue weighted by atomic mass is 35.5. The zero-order valence-corrected chi connectivity index (χ0v) is 16.8. The summed E-state index contributed by atoms with van der Waals surface area (Å²) in [6, 6.07) is 0. The van der Waals surface area contributed by atoms with Gasteiger partial charge in [0, 0.05) is 34.1 Å². The molecule has 0 aromatic rings. The summed E-state index contributed by atoms with van der Waals surface area (Å²) in [6.07, 6.45) is 5.62. The second kappa shape index (κ2) is 5.14. The molecule has 0 aromatic heterocycles. The molecule has 5 rings (SSSR count). The highest BCUT2D eigenvalue weighted by Crippen LogP contribution is 2.72. The van der Waals surface area contributed by atoms with Crippen LogP contribution in [0.15, 0.2) is 22.8 Å². The maximum atomic E-state index is 12.3. The number of Topliss-reactive ketones (excluding diaryl/α,β-unsaturated/α-hetero) is 1. The van der Waals surface area contributed by atoms with Gasteiger partial charge in [-0.05, 0) is 55.6 Å². The highest BCUT2D eigenvalue weighted by Gasteiger charge is 2.71. The lowest BCUT2D eigenvalue weighted by Crippen LogP contribution is -2.57. The Kier molecular flexibility index (Phi) is 3.44. The molecule has 4 nitrogen and oxygen atoms in total. The van der Waals surface area contributed by atoms with Crippen LogP contribution in [0.4, 0.5) is 0 Å². The standard InChI is InChI=1S/C22H27ClO4/c1-10(24)22(27)9-18(26)19-12-7-16(23)15-8-17(25)11-6-14(11)21(15,3)13(12)4-5-20(19,22)2/h7-8,11-14,18-19,26-27H,4-6,9H2,1-3H3/t11-,12+,13-,14+,18+,19+,20-,21-,22-/m0/s1. The first-order chi connectivity index (χ1) is 12.6. The molecule has 0 heterocycles. The van der Waals surface area contributed by atoms with E-state index in [0.717, 1.165) is 18.4 Å². The van der Waals surface area contributed by atoms with Gasteiger partial charge in [0.1, 0.15) is 5.60 Å². The lowest BCUT2D eigenvalue weighted by atomic mass is 9.47. The van der Waals surface area contributed by atoms with E-state index in [9.17, 15) is 19.8 Å². The Hall–Kier alpha value is -0.970. The van der Waals surface area contributed by atoms with Gasteiger partial charge in [-0.1, -0.05) is 31.5 Å². The van der Waals surface area contributed by atoms with Gasteiger partial charge in [-0.15, -0.1) is 0 Å².